The SMILES string of the molecule is O=C(NC(Cc1ccc(-c2ccc(Oc3ccccc3)cc2)cc1)C(=O)O)c1ccc(-c2ccc(C(F)(F)F)cc2)cc1. The minimum atomic E-state index is -4.42. The van der Waals surface area contributed by atoms with Crippen LogP contribution >= 0.6 is 0 Å². The average Bonchev–Trinajstić information content (AvgIpc) is 3.02. The number of carbonyl (C=O) groups is 2. The highest BCUT2D eigenvalue weighted by Crippen LogP contribution is 2.31. The zero-order chi connectivity index (χ0) is 30.4. The molecule has 0 aliphatic rings. The lowest BCUT2D eigenvalue weighted by Crippen LogP contribution is -2.42. The van der Waals surface area contributed by atoms with E-state index in [1.807, 2.05) is 78.9 Å². The van der Waals surface area contributed by atoms with Crippen molar-refractivity contribution in [3.8, 4) is 33.8 Å². The number of hydrogen-bond donors (Lipinski definition) is 2. The van der Waals surface area contributed by atoms with Gasteiger partial charge in [-0.15, -0.1) is 0 Å². The van der Waals surface area contributed by atoms with E-state index in [1.54, 1.807) is 12.1 Å². The zero-order valence-corrected chi connectivity index (χ0v) is 22.7. The highest BCUT2D eigenvalue weighted by atomic mass is 19.4. The smallest absolute Gasteiger partial charge is 0.416 e. The Morgan fingerprint density at radius 1 is 0.651 bits per heavy atom. The average molecular weight is 582 g/mol. The molecule has 0 saturated carbocycles. The largest absolute Gasteiger partial charge is 0.480 e. The molecule has 2 N–H and O–H groups in total. The van der Waals surface area contributed by atoms with Gasteiger partial charge in [-0.05, 0) is 76.3 Å². The van der Waals surface area contributed by atoms with Gasteiger partial charge in [0.15, 0.2) is 0 Å². The van der Waals surface area contributed by atoms with Crippen LogP contribution in [0.25, 0.3) is 22.3 Å². The maximum atomic E-state index is 12.8. The van der Waals surface area contributed by atoms with Crippen molar-refractivity contribution in [1.29, 1.82) is 0 Å². The fraction of sp³-hybridized carbons (Fsp3) is 0.0857. The Hall–Kier alpha value is -5.37. The monoisotopic (exact) mass is 581 g/mol. The van der Waals surface area contributed by atoms with Crippen LogP contribution in [-0.2, 0) is 17.4 Å². The van der Waals surface area contributed by atoms with E-state index in [0.717, 1.165) is 34.6 Å². The van der Waals surface area contributed by atoms with Crippen molar-refractivity contribution in [2.24, 2.45) is 0 Å². The first-order valence-electron chi connectivity index (χ1n) is 13.4. The Balaban J connectivity index is 1.20. The van der Waals surface area contributed by atoms with Crippen molar-refractivity contribution in [3.63, 3.8) is 0 Å². The molecule has 216 valence electrons. The molecule has 0 radical (unpaired) electrons. The van der Waals surface area contributed by atoms with E-state index < -0.39 is 29.7 Å². The summed E-state index contributed by atoms with van der Waals surface area (Å²) in [4.78, 5) is 24.8. The maximum absolute atomic E-state index is 12.8. The van der Waals surface area contributed by atoms with E-state index in [2.05, 4.69) is 5.32 Å². The molecular formula is C35H26F3NO4. The molecule has 43 heavy (non-hydrogen) atoms. The van der Waals surface area contributed by atoms with Gasteiger partial charge in [-0.2, -0.15) is 13.2 Å². The number of rotatable bonds is 9. The number of alkyl halides is 3. The molecule has 5 rings (SSSR count). The van der Waals surface area contributed by atoms with Crippen LogP contribution < -0.4 is 10.1 Å². The predicted molar refractivity (Wildman–Crippen MR) is 158 cm³/mol. The Morgan fingerprint density at radius 3 is 1.63 bits per heavy atom. The second-order valence-corrected chi connectivity index (χ2v) is 9.86. The quantitative estimate of drug-likeness (QED) is 0.184. The van der Waals surface area contributed by atoms with E-state index in [1.165, 1.54) is 24.3 Å². The van der Waals surface area contributed by atoms with Crippen LogP contribution in [0, 0.1) is 0 Å². The Bertz CT molecular complexity index is 1680. The van der Waals surface area contributed by atoms with Gasteiger partial charge in [0.2, 0.25) is 0 Å². The minimum absolute atomic E-state index is 0.0782. The van der Waals surface area contributed by atoms with Crippen LogP contribution in [0.3, 0.4) is 0 Å². The zero-order valence-electron chi connectivity index (χ0n) is 22.7. The van der Waals surface area contributed by atoms with Gasteiger partial charge in [0.05, 0.1) is 5.56 Å². The van der Waals surface area contributed by atoms with Crippen molar-refractivity contribution >= 4 is 11.9 Å². The summed E-state index contributed by atoms with van der Waals surface area (Å²) in [5.41, 5.74) is 3.32. The molecule has 0 fully saturated rings. The summed E-state index contributed by atoms with van der Waals surface area (Å²) in [5.74, 6) is -0.288. The lowest BCUT2D eigenvalue weighted by atomic mass is 10.00. The lowest BCUT2D eigenvalue weighted by molar-refractivity contribution is -0.139. The van der Waals surface area contributed by atoms with E-state index in [-0.39, 0.29) is 12.0 Å². The maximum Gasteiger partial charge on any atom is 0.416 e. The van der Waals surface area contributed by atoms with Gasteiger partial charge in [0, 0.05) is 12.0 Å². The first kappa shape index (κ1) is 29.1. The third-order valence-corrected chi connectivity index (χ3v) is 6.86. The molecule has 5 nitrogen and oxygen atoms in total. The van der Waals surface area contributed by atoms with Gasteiger partial charge >= 0.3 is 12.1 Å². The van der Waals surface area contributed by atoms with Gasteiger partial charge in [0.25, 0.3) is 5.91 Å². The van der Waals surface area contributed by atoms with Crippen LogP contribution in [-0.4, -0.2) is 23.0 Å². The van der Waals surface area contributed by atoms with Crippen LogP contribution in [0.15, 0.2) is 127 Å². The fourth-order valence-corrected chi connectivity index (χ4v) is 4.52. The minimum Gasteiger partial charge on any atom is -0.480 e. The highest BCUT2D eigenvalue weighted by molar-refractivity contribution is 5.97. The molecule has 1 amide bonds. The first-order chi connectivity index (χ1) is 20.7. The molecule has 0 aromatic heterocycles. The molecule has 5 aromatic rings. The van der Waals surface area contributed by atoms with Crippen LogP contribution in [0.4, 0.5) is 13.2 Å². The summed E-state index contributed by atoms with van der Waals surface area (Å²) < 4.78 is 44.3. The molecule has 0 heterocycles. The van der Waals surface area contributed by atoms with Crippen molar-refractivity contribution in [2.45, 2.75) is 18.6 Å². The number of hydrogen-bond acceptors (Lipinski definition) is 3. The standard InChI is InChI=1S/C35H26F3NO4/c36-35(37,38)29-18-14-26(15-19-29)25-10-12-28(13-11-25)33(40)39-32(34(41)42)22-23-6-8-24(9-7-23)27-16-20-31(21-17-27)43-30-4-2-1-3-5-30/h1-21,32H,22H2,(H,39,40)(H,41,42). The second kappa shape index (κ2) is 12.7. The topological polar surface area (TPSA) is 75.6 Å². The summed E-state index contributed by atoms with van der Waals surface area (Å²) in [5, 5.41) is 12.3. The van der Waals surface area contributed by atoms with Gasteiger partial charge in [-0.25, -0.2) is 4.79 Å². The van der Waals surface area contributed by atoms with Crippen molar-refractivity contribution < 1.29 is 32.6 Å². The van der Waals surface area contributed by atoms with E-state index in [4.69, 9.17) is 4.74 Å². The van der Waals surface area contributed by atoms with E-state index in [0.29, 0.717) is 16.9 Å². The van der Waals surface area contributed by atoms with Crippen LogP contribution in [0.2, 0.25) is 0 Å². The number of carboxylic acids is 1. The lowest BCUT2D eigenvalue weighted by Gasteiger charge is -2.15. The molecule has 1 unspecified atom stereocenters. The van der Waals surface area contributed by atoms with E-state index >= 15 is 0 Å². The van der Waals surface area contributed by atoms with Crippen LogP contribution in [0.5, 0.6) is 11.5 Å². The third-order valence-electron chi connectivity index (χ3n) is 6.86. The molecular weight excluding hydrogens is 555 g/mol. The van der Waals surface area contributed by atoms with Crippen LogP contribution in [0.1, 0.15) is 21.5 Å². The number of para-hydroxylation sites is 1. The molecule has 0 saturated heterocycles. The van der Waals surface area contributed by atoms with Gasteiger partial charge < -0.3 is 15.2 Å². The number of carboxylic acid groups (broad SMARTS) is 1. The Labute approximate surface area is 246 Å². The van der Waals surface area contributed by atoms with Gasteiger partial charge in [-0.1, -0.05) is 78.9 Å². The molecule has 1 atom stereocenters. The summed E-state index contributed by atoms with van der Waals surface area (Å²) in [7, 11) is 0. The Morgan fingerprint density at radius 2 is 1.12 bits per heavy atom. The normalized spacial score (nSPS) is 11.9. The fourth-order valence-electron chi connectivity index (χ4n) is 4.52. The van der Waals surface area contributed by atoms with Crippen molar-refractivity contribution in [3.05, 3.63) is 144 Å². The predicted octanol–water partition coefficient (Wildman–Crippen LogP) is 8.26. The second-order valence-electron chi connectivity index (χ2n) is 9.86. The van der Waals surface area contributed by atoms with Gasteiger partial charge in [-0.3, -0.25) is 4.79 Å². The highest BCUT2D eigenvalue weighted by Gasteiger charge is 2.30. The summed E-state index contributed by atoms with van der Waals surface area (Å²) in [6.07, 6.45) is -4.34. The van der Waals surface area contributed by atoms with Gasteiger partial charge in [0.1, 0.15) is 17.5 Å². The summed E-state index contributed by atoms with van der Waals surface area (Å²) in [6, 6.07) is 34.3. The molecule has 8 heteroatoms. The van der Waals surface area contributed by atoms with Crippen molar-refractivity contribution in [1.82, 2.24) is 5.32 Å². The summed E-state index contributed by atoms with van der Waals surface area (Å²) in [6.45, 7) is 0. The molecule has 0 bridgehead atoms. The number of aliphatic carboxylic acids is 1. The number of carbonyl (C=O) groups excluding carboxylic acids is 1. The number of amides is 1. The third kappa shape index (κ3) is 7.48. The molecule has 0 spiro atoms. The Kier molecular flexibility index (Phi) is 8.57. The summed E-state index contributed by atoms with van der Waals surface area (Å²) >= 11 is 0. The number of ether oxygens (including phenoxy) is 1. The number of halogens is 3. The molecule has 0 aliphatic heterocycles. The van der Waals surface area contributed by atoms with Crippen molar-refractivity contribution in [2.75, 3.05) is 0 Å². The molecule has 0 aliphatic carbocycles. The van der Waals surface area contributed by atoms with E-state index in [9.17, 15) is 27.9 Å². The molecule has 5 aromatic carbocycles. The number of nitrogens with one attached hydrogen (secondary N) is 1. The first-order valence-corrected chi connectivity index (χ1v) is 13.4. The number of benzene rings is 5.